The predicted octanol–water partition coefficient (Wildman–Crippen LogP) is 3.10. The van der Waals surface area contributed by atoms with Gasteiger partial charge in [0.15, 0.2) is 0 Å². The van der Waals surface area contributed by atoms with Crippen LogP contribution in [0.15, 0.2) is 53.6 Å². The standard InChI is InChI=1S/C17H22ClN3O2S/c1-3-21(4-2)16(14-8-6-5-7-9-14)13-20-24(22,23)15-10-11-17(18)19-12-15/h5-12,16,20H,3-4,13H2,1-2H3. The SMILES string of the molecule is CCN(CC)C(CNS(=O)(=O)c1ccc(Cl)nc1)c1ccccc1. The highest BCUT2D eigenvalue weighted by molar-refractivity contribution is 7.89. The van der Waals surface area contributed by atoms with Crippen LogP contribution >= 0.6 is 11.6 Å². The van der Waals surface area contributed by atoms with Crippen molar-refractivity contribution in [3.05, 3.63) is 59.4 Å². The quantitative estimate of drug-likeness (QED) is 0.728. The van der Waals surface area contributed by atoms with Crippen LogP contribution in [0.2, 0.25) is 5.15 Å². The number of pyridine rings is 1. The van der Waals surface area contributed by atoms with Crippen LogP contribution in [0.4, 0.5) is 0 Å². The summed E-state index contributed by atoms with van der Waals surface area (Å²) in [6.45, 7) is 6.09. The molecule has 130 valence electrons. The maximum atomic E-state index is 12.5. The Morgan fingerprint density at radius 2 is 1.79 bits per heavy atom. The highest BCUT2D eigenvalue weighted by atomic mass is 35.5. The van der Waals surface area contributed by atoms with Gasteiger partial charge in [0, 0.05) is 18.8 Å². The summed E-state index contributed by atoms with van der Waals surface area (Å²) in [5.41, 5.74) is 1.08. The van der Waals surface area contributed by atoms with E-state index in [-0.39, 0.29) is 22.6 Å². The lowest BCUT2D eigenvalue weighted by Crippen LogP contribution is -2.38. The molecule has 0 bridgehead atoms. The van der Waals surface area contributed by atoms with Crippen molar-refractivity contribution < 1.29 is 8.42 Å². The van der Waals surface area contributed by atoms with Crippen molar-refractivity contribution in [3.63, 3.8) is 0 Å². The monoisotopic (exact) mass is 367 g/mol. The molecule has 2 rings (SSSR count). The van der Waals surface area contributed by atoms with Gasteiger partial charge in [-0.05, 0) is 30.8 Å². The Kier molecular flexibility index (Phi) is 6.74. The maximum absolute atomic E-state index is 12.5. The van der Waals surface area contributed by atoms with Crippen LogP contribution in [0, 0.1) is 0 Å². The normalized spacial score (nSPS) is 13.2. The molecule has 0 aliphatic carbocycles. The van der Waals surface area contributed by atoms with Gasteiger partial charge in [0.05, 0.1) is 0 Å². The summed E-state index contributed by atoms with van der Waals surface area (Å²) < 4.78 is 27.6. The zero-order valence-electron chi connectivity index (χ0n) is 13.8. The molecule has 0 radical (unpaired) electrons. The molecule has 0 fully saturated rings. The number of sulfonamides is 1. The number of hydrogen-bond donors (Lipinski definition) is 1. The molecule has 1 atom stereocenters. The van der Waals surface area contributed by atoms with Crippen molar-refractivity contribution in [1.82, 2.24) is 14.6 Å². The minimum atomic E-state index is -3.63. The summed E-state index contributed by atoms with van der Waals surface area (Å²) in [6.07, 6.45) is 1.26. The molecule has 1 aromatic carbocycles. The van der Waals surface area contributed by atoms with Crippen molar-refractivity contribution in [3.8, 4) is 0 Å². The lowest BCUT2D eigenvalue weighted by Gasteiger charge is -2.30. The maximum Gasteiger partial charge on any atom is 0.242 e. The van der Waals surface area contributed by atoms with Crippen LogP contribution in [-0.2, 0) is 10.0 Å². The fourth-order valence-corrected chi connectivity index (χ4v) is 3.68. The van der Waals surface area contributed by atoms with E-state index < -0.39 is 10.0 Å². The van der Waals surface area contributed by atoms with Crippen molar-refractivity contribution in [2.45, 2.75) is 24.8 Å². The molecule has 2 aromatic rings. The highest BCUT2D eigenvalue weighted by Crippen LogP contribution is 2.20. The third kappa shape index (κ3) is 4.77. The van der Waals surface area contributed by atoms with E-state index >= 15 is 0 Å². The summed E-state index contributed by atoms with van der Waals surface area (Å²) in [5, 5.41) is 0.263. The third-order valence-corrected chi connectivity index (χ3v) is 5.55. The Morgan fingerprint density at radius 1 is 1.12 bits per heavy atom. The van der Waals surface area contributed by atoms with Crippen LogP contribution in [0.5, 0.6) is 0 Å². The van der Waals surface area contributed by atoms with Crippen LogP contribution in [0.1, 0.15) is 25.5 Å². The smallest absolute Gasteiger partial charge is 0.242 e. The number of aromatic nitrogens is 1. The van der Waals surface area contributed by atoms with E-state index in [1.165, 1.54) is 18.3 Å². The molecular formula is C17H22ClN3O2S. The van der Waals surface area contributed by atoms with Gasteiger partial charge in [0.1, 0.15) is 10.0 Å². The summed E-state index contributed by atoms with van der Waals surface area (Å²) >= 11 is 5.72. The number of halogens is 1. The van der Waals surface area contributed by atoms with Gasteiger partial charge in [0.2, 0.25) is 10.0 Å². The summed E-state index contributed by atoms with van der Waals surface area (Å²) in [7, 11) is -3.63. The van der Waals surface area contributed by atoms with Gasteiger partial charge < -0.3 is 0 Å². The first-order valence-corrected chi connectivity index (χ1v) is 9.74. The van der Waals surface area contributed by atoms with Crippen molar-refractivity contribution in [2.24, 2.45) is 0 Å². The Hall–Kier alpha value is -1.47. The fourth-order valence-electron chi connectivity index (χ4n) is 2.59. The lowest BCUT2D eigenvalue weighted by atomic mass is 10.1. The molecule has 0 saturated heterocycles. The minimum absolute atomic E-state index is 0.0313. The Bertz CT molecular complexity index is 732. The summed E-state index contributed by atoms with van der Waals surface area (Å²) in [4.78, 5) is 6.16. The molecule has 5 nitrogen and oxygen atoms in total. The van der Waals surface area contributed by atoms with E-state index in [0.29, 0.717) is 0 Å². The van der Waals surface area contributed by atoms with Gasteiger partial charge in [-0.2, -0.15) is 0 Å². The molecule has 24 heavy (non-hydrogen) atoms. The Labute approximate surface area is 148 Å². The van der Waals surface area contributed by atoms with E-state index in [4.69, 9.17) is 11.6 Å². The van der Waals surface area contributed by atoms with Gasteiger partial charge >= 0.3 is 0 Å². The highest BCUT2D eigenvalue weighted by Gasteiger charge is 2.22. The van der Waals surface area contributed by atoms with E-state index in [1.54, 1.807) is 0 Å². The van der Waals surface area contributed by atoms with Crippen LogP contribution < -0.4 is 4.72 Å². The van der Waals surface area contributed by atoms with E-state index in [2.05, 4.69) is 28.5 Å². The Morgan fingerprint density at radius 3 is 2.33 bits per heavy atom. The molecule has 1 aromatic heterocycles. The second kappa shape index (κ2) is 8.58. The first-order chi connectivity index (χ1) is 11.5. The van der Waals surface area contributed by atoms with Gasteiger partial charge in [0.25, 0.3) is 0 Å². The van der Waals surface area contributed by atoms with E-state index in [9.17, 15) is 8.42 Å². The molecule has 1 unspecified atom stereocenters. The second-order valence-corrected chi connectivity index (χ2v) is 7.47. The first-order valence-electron chi connectivity index (χ1n) is 7.88. The lowest BCUT2D eigenvalue weighted by molar-refractivity contribution is 0.220. The van der Waals surface area contributed by atoms with Crippen LogP contribution in [-0.4, -0.2) is 37.9 Å². The second-order valence-electron chi connectivity index (χ2n) is 5.32. The van der Waals surface area contributed by atoms with E-state index in [1.807, 2.05) is 30.3 Å². The number of nitrogens with zero attached hydrogens (tertiary/aromatic N) is 2. The van der Waals surface area contributed by atoms with Gasteiger partial charge in [-0.3, -0.25) is 4.90 Å². The number of rotatable bonds is 8. The Balaban J connectivity index is 2.19. The van der Waals surface area contributed by atoms with Gasteiger partial charge in [-0.1, -0.05) is 55.8 Å². The third-order valence-electron chi connectivity index (χ3n) is 3.91. The molecule has 7 heteroatoms. The van der Waals surface area contributed by atoms with Gasteiger partial charge in [-0.25, -0.2) is 18.1 Å². The van der Waals surface area contributed by atoms with Crippen molar-refractivity contribution in [1.29, 1.82) is 0 Å². The molecule has 0 spiro atoms. The zero-order valence-corrected chi connectivity index (χ0v) is 15.4. The largest absolute Gasteiger partial charge is 0.296 e. The molecule has 0 aliphatic rings. The van der Waals surface area contributed by atoms with Gasteiger partial charge in [-0.15, -0.1) is 0 Å². The molecule has 0 aliphatic heterocycles. The number of hydrogen-bond acceptors (Lipinski definition) is 4. The van der Waals surface area contributed by atoms with Crippen LogP contribution in [0.25, 0.3) is 0 Å². The van der Waals surface area contributed by atoms with Crippen LogP contribution in [0.3, 0.4) is 0 Å². The molecular weight excluding hydrogens is 346 g/mol. The summed E-state index contributed by atoms with van der Waals surface area (Å²) in [6, 6.07) is 12.8. The predicted molar refractivity (Wildman–Crippen MR) is 96.5 cm³/mol. The average Bonchev–Trinajstić information content (AvgIpc) is 2.59. The topological polar surface area (TPSA) is 62.3 Å². The average molecular weight is 368 g/mol. The van der Waals surface area contributed by atoms with Crippen molar-refractivity contribution >= 4 is 21.6 Å². The summed E-state index contributed by atoms with van der Waals surface area (Å²) in [5.74, 6) is 0. The fraction of sp³-hybridized carbons (Fsp3) is 0.353. The van der Waals surface area contributed by atoms with Crippen molar-refractivity contribution in [2.75, 3.05) is 19.6 Å². The molecule has 0 saturated carbocycles. The molecule has 0 amide bonds. The number of likely N-dealkylation sites (N-methyl/N-ethyl adjacent to an activating group) is 1. The number of benzene rings is 1. The first kappa shape index (κ1) is 18.9. The van der Waals surface area contributed by atoms with E-state index in [0.717, 1.165) is 18.7 Å². The zero-order chi connectivity index (χ0) is 17.6. The minimum Gasteiger partial charge on any atom is -0.296 e. The number of nitrogens with one attached hydrogen (secondary N) is 1. The molecule has 1 N–H and O–H groups in total. The molecule has 1 heterocycles.